The van der Waals surface area contributed by atoms with Gasteiger partial charge in [0.2, 0.25) is 11.8 Å². The van der Waals surface area contributed by atoms with Gasteiger partial charge in [0.05, 0.1) is 0 Å². The van der Waals surface area contributed by atoms with E-state index in [1.807, 2.05) is 11.2 Å². The van der Waals surface area contributed by atoms with Crippen LogP contribution in [0.1, 0.15) is 31.7 Å². The van der Waals surface area contributed by atoms with Crippen LogP contribution in [0.3, 0.4) is 0 Å². The van der Waals surface area contributed by atoms with Crippen molar-refractivity contribution in [1.29, 1.82) is 0 Å². The number of benzene rings is 1. The van der Waals surface area contributed by atoms with Gasteiger partial charge in [0.1, 0.15) is 6.04 Å². The predicted octanol–water partition coefficient (Wildman–Crippen LogP) is 3.16. The summed E-state index contributed by atoms with van der Waals surface area (Å²) in [4.78, 5) is 27.6. The molecule has 0 aromatic heterocycles. The molecule has 0 heterocycles. The molecular formula is C18H26N2O2S2. The summed E-state index contributed by atoms with van der Waals surface area (Å²) in [5.74, 6) is 0.766. The molecular weight excluding hydrogens is 340 g/mol. The maximum Gasteiger partial charge on any atom is 0.245 e. The van der Waals surface area contributed by atoms with Gasteiger partial charge in [-0.15, -0.1) is 11.8 Å². The lowest BCUT2D eigenvalue weighted by Crippen LogP contribution is -2.48. The Kier molecular flexibility index (Phi) is 7.49. The Morgan fingerprint density at radius 2 is 1.92 bits per heavy atom. The van der Waals surface area contributed by atoms with Crippen LogP contribution in [-0.2, 0) is 16.1 Å². The van der Waals surface area contributed by atoms with E-state index < -0.39 is 6.04 Å². The summed E-state index contributed by atoms with van der Waals surface area (Å²) in [7, 11) is 0. The summed E-state index contributed by atoms with van der Waals surface area (Å²) >= 11 is 3.41. The van der Waals surface area contributed by atoms with Crippen molar-refractivity contribution in [3.63, 3.8) is 0 Å². The minimum Gasteiger partial charge on any atom is -0.345 e. The fourth-order valence-electron chi connectivity index (χ4n) is 2.64. The average Bonchev–Trinajstić information content (AvgIpc) is 3.41. The van der Waals surface area contributed by atoms with Crippen molar-refractivity contribution in [2.75, 3.05) is 18.3 Å². The number of hydrogen-bond acceptors (Lipinski definition) is 4. The van der Waals surface area contributed by atoms with Gasteiger partial charge in [-0.25, -0.2) is 0 Å². The maximum atomic E-state index is 13.0. The highest BCUT2D eigenvalue weighted by Gasteiger charge is 2.35. The normalized spacial score (nSPS) is 15.0. The zero-order chi connectivity index (χ0) is 17.5. The second kappa shape index (κ2) is 9.37. The first kappa shape index (κ1) is 19.2. The Bertz CT molecular complexity index is 559. The molecule has 4 nitrogen and oxygen atoms in total. The molecule has 132 valence electrons. The number of hydrogen-bond donors (Lipinski definition) is 1. The number of rotatable bonds is 9. The van der Waals surface area contributed by atoms with Crippen LogP contribution < -0.4 is 5.32 Å². The molecule has 2 amide bonds. The van der Waals surface area contributed by atoms with Crippen molar-refractivity contribution >= 4 is 35.3 Å². The molecule has 0 bridgehead atoms. The van der Waals surface area contributed by atoms with Crippen LogP contribution >= 0.6 is 23.5 Å². The molecule has 1 aliphatic rings. The molecule has 0 spiro atoms. The quantitative estimate of drug-likeness (QED) is 0.682. The minimum atomic E-state index is -0.416. The second-order valence-electron chi connectivity index (χ2n) is 6.08. The van der Waals surface area contributed by atoms with Crippen LogP contribution in [-0.4, -0.2) is 47.1 Å². The van der Waals surface area contributed by atoms with Gasteiger partial charge in [0.25, 0.3) is 0 Å². The number of nitrogens with zero attached hydrogens (tertiary/aromatic N) is 1. The van der Waals surface area contributed by atoms with Gasteiger partial charge in [-0.1, -0.05) is 12.1 Å². The average molecular weight is 367 g/mol. The molecule has 1 atom stereocenters. The molecule has 0 radical (unpaired) electrons. The van der Waals surface area contributed by atoms with Crippen molar-refractivity contribution in [2.24, 2.45) is 0 Å². The Morgan fingerprint density at radius 3 is 2.42 bits per heavy atom. The number of amides is 2. The lowest BCUT2D eigenvalue weighted by molar-refractivity contribution is -0.137. The van der Waals surface area contributed by atoms with E-state index in [-0.39, 0.29) is 11.8 Å². The molecule has 24 heavy (non-hydrogen) atoms. The summed E-state index contributed by atoms with van der Waals surface area (Å²) < 4.78 is 0. The maximum absolute atomic E-state index is 13.0. The molecule has 0 saturated heterocycles. The molecule has 1 fully saturated rings. The first-order chi connectivity index (χ1) is 11.5. The van der Waals surface area contributed by atoms with Gasteiger partial charge in [0, 0.05) is 24.4 Å². The van der Waals surface area contributed by atoms with Gasteiger partial charge < -0.3 is 10.2 Å². The highest BCUT2D eigenvalue weighted by Crippen LogP contribution is 2.29. The molecule has 2 rings (SSSR count). The zero-order valence-electron chi connectivity index (χ0n) is 14.6. The van der Waals surface area contributed by atoms with Crippen LogP contribution in [0, 0.1) is 0 Å². The fraction of sp³-hybridized carbons (Fsp3) is 0.556. The Morgan fingerprint density at radius 1 is 1.25 bits per heavy atom. The Labute approximate surface area is 153 Å². The minimum absolute atomic E-state index is 0.0516. The van der Waals surface area contributed by atoms with Gasteiger partial charge in [-0.3, -0.25) is 9.59 Å². The van der Waals surface area contributed by atoms with E-state index in [1.165, 1.54) is 11.8 Å². The van der Waals surface area contributed by atoms with Gasteiger partial charge in [0.15, 0.2) is 0 Å². The van der Waals surface area contributed by atoms with E-state index in [2.05, 4.69) is 35.8 Å². The van der Waals surface area contributed by atoms with Crippen molar-refractivity contribution in [3.8, 4) is 0 Å². The number of nitrogens with one attached hydrogen (secondary N) is 1. The number of carbonyl (C=O) groups excluding carboxylic acids is 2. The fourth-order valence-corrected chi connectivity index (χ4v) is 3.52. The van der Waals surface area contributed by atoms with Crippen LogP contribution in [0.2, 0.25) is 0 Å². The first-order valence-electron chi connectivity index (χ1n) is 8.24. The van der Waals surface area contributed by atoms with E-state index in [0.29, 0.717) is 19.0 Å². The van der Waals surface area contributed by atoms with Crippen molar-refractivity contribution in [2.45, 2.75) is 49.7 Å². The number of thioether (sulfide) groups is 2. The SMILES string of the molecule is CSCC[C@H](NC(C)=O)C(=O)N(Cc1ccc(SC)cc1)C1CC1. The van der Waals surface area contributed by atoms with Crippen LogP contribution in [0.4, 0.5) is 0 Å². The Balaban J connectivity index is 2.08. The number of carbonyl (C=O) groups is 2. The molecule has 1 N–H and O–H groups in total. The van der Waals surface area contributed by atoms with Crippen LogP contribution in [0.5, 0.6) is 0 Å². The zero-order valence-corrected chi connectivity index (χ0v) is 16.2. The molecule has 1 aliphatic carbocycles. The molecule has 1 saturated carbocycles. The second-order valence-corrected chi connectivity index (χ2v) is 7.95. The van der Waals surface area contributed by atoms with Crippen LogP contribution in [0.25, 0.3) is 0 Å². The standard InChI is InChI=1S/C18H26N2O2S2/c1-13(21)19-17(10-11-23-2)18(22)20(15-6-7-15)12-14-4-8-16(24-3)9-5-14/h4-5,8-9,15,17H,6-7,10-12H2,1-3H3,(H,19,21)/t17-/m0/s1. The summed E-state index contributed by atoms with van der Waals surface area (Å²) in [5.41, 5.74) is 1.14. The molecule has 6 heteroatoms. The predicted molar refractivity (Wildman–Crippen MR) is 102 cm³/mol. The third-order valence-corrected chi connectivity index (χ3v) is 5.46. The third kappa shape index (κ3) is 5.74. The topological polar surface area (TPSA) is 49.4 Å². The molecule has 1 aromatic carbocycles. The van der Waals surface area contributed by atoms with E-state index in [0.717, 1.165) is 24.2 Å². The molecule has 0 aliphatic heterocycles. The summed E-state index contributed by atoms with van der Waals surface area (Å²) in [6.45, 7) is 2.09. The first-order valence-corrected chi connectivity index (χ1v) is 10.9. The Hall–Kier alpha value is -1.14. The van der Waals surface area contributed by atoms with Crippen molar-refractivity contribution in [3.05, 3.63) is 29.8 Å². The lowest BCUT2D eigenvalue weighted by atomic mass is 10.1. The van der Waals surface area contributed by atoms with E-state index in [9.17, 15) is 9.59 Å². The van der Waals surface area contributed by atoms with Crippen molar-refractivity contribution in [1.82, 2.24) is 10.2 Å². The smallest absolute Gasteiger partial charge is 0.245 e. The third-order valence-electron chi connectivity index (χ3n) is 4.07. The molecule has 1 aromatic rings. The molecule has 0 unspecified atom stereocenters. The van der Waals surface area contributed by atoms with Crippen molar-refractivity contribution < 1.29 is 9.59 Å². The van der Waals surface area contributed by atoms with Crippen LogP contribution in [0.15, 0.2) is 29.2 Å². The highest BCUT2D eigenvalue weighted by molar-refractivity contribution is 7.98. The monoisotopic (exact) mass is 366 g/mol. The van der Waals surface area contributed by atoms with Gasteiger partial charge >= 0.3 is 0 Å². The summed E-state index contributed by atoms with van der Waals surface area (Å²) in [5, 5.41) is 2.83. The van der Waals surface area contributed by atoms with Gasteiger partial charge in [-0.2, -0.15) is 11.8 Å². The summed E-state index contributed by atoms with van der Waals surface area (Å²) in [6, 6.07) is 8.26. The largest absolute Gasteiger partial charge is 0.345 e. The van der Waals surface area contributed by atoms with E-state index >= 15 is 0 Å². The summed E-state index contributed by atoms with van der Waals surface area (Å²) in [6.07, 6.45) is 6.86. The van der Waals surface area contributed by atoms with Gasteiger partial charge in [-0.05, 0) is 55.2 Å². The van der Waals surface area contributed by atoms with E-state index in [1.54, 1.807) is 23.5 Å². The highest BCUT2D eigenvalue weighted by atomic mass is 32.2. The van der Waals surface area contributed by atoms with E-state index in [4.69, 9.17) is 0 Å². The lowest BCUT2D eigenvalue weighted by Gasteiger charge is -2.28.